The van der Waals surface area contributed by atoms with Crippen LogP contribution in [0, 0.1) is 11.4 Å². The molecule has 0 aliphatic carbocycles. The topological polar surface area (TPSA) is 476 Å². The van der Waals surface area contributed by atoms with Crippen LogP contribution in [0.4, 0.5) is 5.82 Å². The summed E-state index contributed by atoms with van der Waals surface area (Å²) < 4.78 is 10.3. The summed E-state index contributed by atoms with van der Waals surface area (Å²) in [7, 11) is 1.28. The van der Waals surface area contributed by atoms with E-state index in [4.69, 9.17) is 42.2 Å². The minimum Gasteiger partial charge on any atom is -0.494 e. The molecule has 0 saturated carbocycles. The molecular formula is C49H71N15O15Tc. The Morgan fingerprint density at radius 2 is 1.46 bits per heavy atom. The fraction of sp³-hybridized carbons (Fsp3) is 0.469. The molecule has 80 heavy (non-hydrogen) atoms. The van der Waals surface area contributed by atoms with Gasteiger partial charge in [0.1, 0.15) is 29.9 Å². The van der Waals surface area contributed by atoms with E-state index < -0.39 is 117 Å². The zero-order valence-electron chi connectivity index (χ0n) is 44.5. The van der Waals surface area contributed by atoms with Crippen molar-refractivity contribution in [1.82, 2.24) is 52.5 Å². The maximum Gasteiger partial charge on any atom is 0.328 e. The van der Waals surface area contributed by atoms with Crippen molar-refractivity contribution in [3.05, 3.63) is 83.8 Å². The summed E-state index contributed by atoms with van der Waals surface area (Å²) in [5.41, 5.74) is 17.8. The van der Waals surface area contributed by atoms with Crippen molar-refractivity contribution in [3.8, 4) is 5.75 Å². The number of pyridine rings is 2. The van der Waals surface area contributed by atoms with Crippen LogP contribution in [-0.4, -0.2) is 186 Å². The van der Waals surface area contributed by atoms with Crippen molar-refractivity contribution in [3.63, 3.8) is 0 Å². The average Bonchev–Trinajstić information content (AvgIpc) is 3.44. The molecule has 17 N–H and O–H groups in total. The van der Waals surface area contributed by atoms with E-state index in [1.807, 2.05) is 0 Å². The number of rotatable bonds is 23. The van der Waals surface area contributed by atoms with Crippen LogP contribution in [0.1, 0.15) is 66.3 Å². The molecule has 3 aromatic rings. The number of carbonyl (C=O) groups excluding carboxylic acids is 8. The second kappa shape index (κ2) is 37.7. The quantitative estimate of drug-likeness (QED) is 0.0145. The molecule has 4 rings (SSSR count). The minimum atomic E-state index is -1.31. The first-order chi connectivity index (χ1) is 37.6. The molecule has 7 amide bonds. The number of aliphatic imine (C=N–C) groups is 1. The van der Waals surface area contributed by atoms with Crippen molar-refractivity contribution in [2.24, 2.45) is 27.5 Å². The third kappa shape index (κ3) is 26.5. The van der Waals surface area contributed by atoms with E-state index in [2.05, 4.69) is 67.3 Å². The molecule has 31 heteroatoms. The Labute approximate surface area is 474 Å². The molecule has 0 spiro atoms. The Morgan fingerprint density at radius 1 is 0.812 bits per heavy atom. The molecule has 30 nitrogen and oxygen atoms in total. The van der Waals surface area contributed by atoms with Gasteiger partial charge in [-0.05, 0) is 74.1 Å². The molecule has 1 aliphatic rings. The van der Waals surface area contributed by atoms with Crippen LogP contribution in [0.5, 0.6) is 5.75 Å². The van der Waals surface area contributed by atoms with Gasteiger partial charge < -0.3 is 78.6 Å². The van der Waals surface area contributed by atoms with Gasteiger partial charge in [0.25, 0.3) is 11.8 Å². The number of guanidine groups is 1. The van der Waals surface area contributed by atoms with Crippen LogP contribution in [0.15, 0.2) is 77.2 Å². The van der Waals surface area contributed by atoms with Gasteiger partial charge in [-0.3, -0.25) is 53.6 Å². The number of aromatic nitrogens is 2. The maximum absolute atomic E-state index is 13.6. The van der Waals surface area contributed by atoms with E-state index in [0.717, 1.165) is 0 Å². The maximum atomic E-state index is 13.6. The third-order valence-corrected chi connectivity index (χ3v) is 11.1. The molecule has 1 fully saturated rings. The first kappa shape index (κ1) is 69.9. The molecule has 4 atom stereocenters. The molecule has 439 valence electrons. The normalized spacial score (nSPS) is 16.1. The Hall–Kier alpha value is -8.09. The van der Waals surface area contributed by atoms with Gasteiger partial charge in [-0.25, -0.2) is 15.3 Å². The Morgan fingerprint density at radius 3 is 2.02 bits per heavy atom. The van der Waals surface area contributed by atoms with E-state index in [1.165, 1.54) is 37.8 Å². The van der Waals surface area contributed by atoms with Gasteiger partial charge in [-0.15, -0.1) is 5.11 Å². The molecule has 1 saturated heterocycles. The predicted octanol–water partition coefficient (Wildman–Crippen LogP) is -3.36. The number of ether oxygens (including phenoxy) is 2. The number of aliphatic carboxylic acids is 1. The smallest absolute Gasteiger partial charge is 0.328 e. The van der Waals surface area contributed by atoms with E-state index >= 15 is 0 Å². The molecular weight excluding hydrogens is 1140 g/mol. The van der Waals surface area contributed by atoms with Crippen molar-refractivity contribution in [2.45, 2.75) is 76.2 Å². The largest absolute Gasteiger partial charge is 0.494 e. The number of carbonyl (C=O) groups is 9. The number of methoxy groups -OCH3 is 1. The van der Waals surface area contributed by atoms with Crippen molar-refractivity contribution in [1.29, 1.82) is 5.53 Å². The number of esters is 1. The fourth-order valence-corrected chi connectivity index (χ4v) is 6.52. The summed E-state index contributed by atoms with van der Waals surface area (Å²) in [5.74, 6) is -5.19. The molecule has 1 unspecified atom stereocenters. The Kier molecular flexibility index (Phi) is 32.9. The van der Waals surface area contributed by atoms with Gasteiger partial charge in [0.15, 0.2) is 11.8 Å². The number of aliphatic hydroxyl groups excluding tert-OH is 3. The Bertz CT molecular complexity index is 2500. The first-order valence-corrected chi connectivity index (χ1v) is 24.5. The number of carboxylic acids is 1. The van der Waals surface area contributed by atoms with E-state index in [1.54, 1.807) is 57.2 Å². The minimum absolute atomic E-state index is 0. The number of nitrogens with one attached hydrogen (secondary N) is 9. The van der Waals surface area contributed by atoms with Crippen LogP contribution in [0.25, 0.3) is 0 Å². The van der Waals surface area contributed by atoms with E-state index in [0.29, 0.717) is 48.4 Å². The summed E-state index contributed by atoms with van der Waals surface area (Å²) in [6.07, 6.45) is 5.41. The zero-order chi connectivity index (χ0) is 58.9. The van der Waals surface area contributed by atoms with Gasteiger partial charge in [-0.1, -0.05) is 26.0 Å². The number of aliphatic hydroxyl groups is 3. The number of hydrogen-bond acceptors (Lipinski definition) is 20. The summed E-state index contributed by atoms with van der Waals surface area (Å²) >= 11 is 0. The zero-order valence-corrected chi connectivity index (χ0v) is 46.4. The van der Waals surface area contributed by atoms with Crippen LogP contribution in [0.3, 0.4) is 0 Å². The molecule has 0 bridgehead atoms. The van der Waals surface area contributed by atoms with Gasteiger partial charge in [-0.2, -0.15) is 0 Å². The number of hydrogen-bond donors (Lipinski definition) is 15. The molecule has 2 aromatic heterocycles. The summed E-state index contributed by atoms with van der Waals surface area (Å²) in [6.45, 7) is 2.99. The summed E-state index contributed by atoms with van der Waals surface area (Å²) in [6, 6.07) is 9.10. The van der Waals surface area contributed by atoms with Crippen LogP contribution in [-0.2, 0) is 64.8 Å². The van der Waals surface area contributed by atoms with Crippen molar-refractivity contribution in [2.75, 3.05) is 66.3 Å². The van der Waals surface area contributed by atoms with Gasteiger partial charge >= 0.3 is 11.9 Å². The second-order valence-electron chi connectivity index (χ2n) is 17.6. The fourth-order valence-electron chi connectivity index (χ4n) is 6.52. The van der Waals surface area contributed by atoms with Gasteiger partial charge in [0.05, 0.1) is 64.3 Å². The van der Waals surface area contributed by atoms with E-state index in [9.17, 15) is 43.2 Å². The monoisotopic (exact) mass is 1210 g/mol. The van der Waals surface area contributed by atoms with Crippen LogP contribution in [0.2, 0.25) is 0 Å². The molecule has 1 radical (unpaired) electrons. The number of nitrogens with two attached hydrogens (primary N) is 2. The molecule has 1 aliphatic heterocycles. The SMILES string of the molecule is CC(C)[C@@H]1NC(=O)[C@@H](Cc2ccc(OCCCNC(=O)c3ccc(N=N)nc3)cc2)NC(=O)CNC(=O)CNC(=O)[C@H](CCCN=C(N)N)NC1=O.COC(=O)C(C)NC(=O)c1ccncc1.O=C(O)CNC(CO)(CO)CO.[Tc]. The number of amides is 7. The average molecular weight is 1210 g/mol. The van der Waals surface area contributed by atoms with Crippen molar-refractivity contribution >= 4 is 65.1 Å². The van der Waals surface area contributed by atoms with Crippen LogP contribution < -0.4 is 58.7 Å². The molecule has 3 heterocycles. The third-order valence-electron chi connectivity index (χ3n) is 11.1. The second-order valence-corrected chi connectivity index (χ2v) is 17.6. The summed E-state index contributed by atoms with van der Waals surface area (Å²) in [5, 5.41) is 58.1. The van der Waals surface area contributed by atoms with Crippen molar-refractivity contribution < 1.29 is 93.2 Å². The number of benzene rings is 1. The molecule has 1 aromatic carbocycles. The predicted molar refractivity (Wildman–Crippen MR) is 281 cm³/mol. The van der Waals surface area contributed by atoms with E-state index in [-0.39, 0.29) is 63.1 Å². The summed E-state index contributed by atoms with van der Waals surface area (Å²) in [4.78, 5) is 122. The van der Waals surface area contributed by atoms with Crippen LogP contribution >= 0.6 is 0 Å². The van der Waals surface area contributed by atoms with Gasteiger partial charge in [0, 0.05) is 63.8 Å². The van der Waals surface area contributed by atoms with Gasteiger partial charge in [0.2, 0.25) is 29.5 Å². The number of nitrogens with zero attached hydrogens (tertiary/aromatic N) is 4. The Balaban J connectivity index is 0.000000928. The first-order valence-electron chi connectivity index (χ1n) is 24.5. The standard InChI is InChI=1S/C33H46N12O7.C10H12N2O3.C6H13NO5.Tc/c1-19(2)28-32(51)43-23(5-3-12-38-33(34)35)30(49)41-17-26(46)40-18-27(47)42-24(31(50)44-28)15-20-6-9-22(10-7-20)52-14-4-13-37-29(48)21-8-11-25(45-36)39-16-21;1-7(10(14)15-2)12-9(13)8-3-5-11-6-4-8;8-2-6(3-9,4-10)7-1-5(11)12;/h6-11,16,19,23-24,28,36H,3-5,12-15,17-18H2,1-2H3,(H,37,48)(H,40,46)(H,41,49)(H,42,47)(H,43,51)(H,44,50)(H4,34,35,38);3-7H,1-2H3,(H,12,13);7-10H,1-4H2,(H,11,12);/t23-,24+,28-;;;/m0.../s1. The number of carboxylic acid groups (broad SMARTS) is 1.